The van der Waals surface area contributed by atoms with Crippen molar-refractivity contribution in [2.45, 2.75) is 20.3 Å². The largest absolute Gasteiger partial charge is 0.394 e. The second-order valence-corrected chi connectivity index (χ2v) is 3.57. The van der Waals surface area contributed by atoms with E-state index in [1.54, 1.807) is 0 Å². The molecule has 1 rings (SSSR count). The maximum atomic E-state index is 5.86. The molecule has 1 aromatic rings. The van der Waals surface area contributed by atoms with Crippen LogP contribution < -0.4 is 10.6 Å². The molecular formula is C9H15ClN4. The molecule has 0 radical (unpaired) electrons. The summed E-state index contributed by atoms with van der Waals surface area (Å²) in [4.78, 5) is 10.1. The molecule has 0 aliphatic rings. The van der Waals surface area contributed by atoms with Crippen molar-refractivity contribution >= 4 is 23.1 Å². The summed E-state index contributed by atoms with van der Waals surface area (Å²) in [5.74, 6) is 0.712. The van der Waals surface area contributed by atoms with E-state index in [2.05, 4.69) is 16.9 Å². The van der Waals surface area contributed by atoms with Gasteiger partial charge in [0.15, 0.2) is 5.82 Å². The number of nitrogens with zero attached hydrogens (tertiary/aromatic N) is 3. The van der Waals surface area contributed by atoms with Gasteiger partial charge in [0.1, 0.15) is 0 Å². The van der Waals surface area contributed by atoms with Gasteiger partial charge in [0, 0.05) is 13.6 Å². The summed E-state index contributed by atoms with van der Waals surface area (Å²) in [6, 6.07) is 0. The van der Waals surface area contributed by atoms with E-state index in [0.29, 0.717) is 11.5 Å². The predicted molar refractivity (Wildman–Crippen MR) is 59.8 cm³/mol. The lowest BCUT2D eigenvalue weighted by molar-refractivity contribution is 0.834. The molecule has 0 bridgehead atoms. The predicted octanol–water partition coefficient (Wildman–Crippen LogP) is 1.87. The van der Waals surface area contributed by atoms with Crippen molar-refractivity contribution in [1.29, 1.82) is 0 Å². The molecule has 5 heteroatoms. The number of nitrogen functional groups attached to an aromatic ring is 1. The second-order valence-electron chi connectivity index (χ2n) is 3.24. The topological polar surface area (TPSA) is 55.0 Å². The molecule has 0 spiro atoms. The Labute approximate surface area is 89.1 Å². The summed E-state index contributed by atoms with van der Waals surface area (Å²) < 4.78 is 0. The average molecular weight is 215 g/mol. The molecule has 0 saturated heterocycles. The Morgan fingerprint density at radius 1 is 1.43 bits per heavy atom. The minimum Gasteiger partial charge on any atom is -0.394 e. The molecule has 1 heterocycles. The van der Waals surface area contributed by atoms with E-state index < -0.39 is 0 Å². The Morgan fingerprint density at radius 2 is 2.07 bits per heavy atom. The lowest BCUT2D eigenvalue weighted by Crippen LogP contribution is -2.21. The van der Waals surface area contributed by atoms with Crippen molar-refractivity contribution in [2.75, 3.05) is 24.2 Å². The minimum atomic E-state index is 0.245. The highest BCUT2D eigenvalue weighted by Crippen LogP contribution is 2.23. The van der Waals surface area contributed by atoms with E-state index in [-0.39, 0.29) is 5.28 Å². The minimum absolute atomic E-state index is 0.245. The summed E-state index contributed by atoms with van der Waals surface area (Å²) in [5.41, 5.74) is 7.18. The fourth-order valence-corrected chi connectivity index (χ4v) is 1.47. The Kier molecular flexibility index (Phi) is 3.52. The molecule has 78 valence electrons. The van der Waals surface area contributed by atoms with Crippen LogP contribution in [0.15, 0.2) is 0 Å². The highest BCUT2D eigenvalue weighted by Gasteiger charge is 2.10. The number of hydrogen-bond donors (Lipinski definition) is 1. The van der Waals surface area contributed by atoms with Crippen LogP contribution in [0, 0.1) is 6.92 Å². The Hall–Kier alpha value is -1.03. The monoisotopic (exact) mass is 214 g/mol. The highest BCUT2D eigenvalue weighted by atomic mass is 35.5. The van der Waals surface area contributed by atoms with Crippen molar-refractivity contribution in [3.8, 4) is 0 Å². The van der Waals surface area contributed by atoms with Gasteiger partial charge in [-0.15, -0.1) is 0 Å². The average Bonchev–Trinajstić information content (AvgIpc) is 2.11. The van der Waals surface area contributed by atoms with Crippen LogP contribution in [0.5, 0.6) is 0 Å². The number of anilines is 2. The third-order valence-electron chi connectivity index (χ3n) is 2.01. The van der Waals surface area contributed by atoms with Gasteiger partial charge in [-0.25, -0.2) is 4.98 Å². The fraction of sp³-hybridized carbons (Fsp3) is 0.556. The normalized spacial score (nSPS) is 10.3. The van der Waals surface area contributed by atoms with Crippen LogP contribution in [-0.4, -0.2) is 23.6 Å². The first kappa shape index (κ1) is 11.0. The smallest absolute Gasteiger partial charge is 0.224 e. The molecule has 0 aliphatic carbocycles. The van der Waals surface area contributed by atoms with Gasteiger partial charge in [-0.05, 0) is 24.9 Å². The Balaban J connectivity index is 3.07. The van der Waals surface area contributed by atoms with Crippen molar-refractivity contribution in [3.05, 3.63) is 11.0 Å². The van der Waals surface area contributed by atoms with Gasteiger partial charge < -0.3 is 10.6 Å². The van der Waals surface area contributed by atoms with Crippen LogP contribution in [-0.2, 0) is 0 Å². The lowest BCUT2D eigenvalue weighted by Gasteiger charge is -2.19. The second kappa shape index (κ2) is 4.46. The fourth-order valence-electron chi connectivity index (χ4n) is 1.27. The van der Waals surface area contributed by atoms with Gasteiger partial charge in [0.2, 0.25) is 5.28 Å². The molecule has 0 aromatic carbocycles. The molecule has 0 fully saturated rings. The molecular weight excluding hydrogens is 200 g/mol. The lowest BCUT2D eigenvalue weighted by atomic mass is 10.3. The summed E-state index contributed by atoms with van der Waals surface area (Å²) in [5, 5.41) is 0.245. The first-order valence-corrected chi connectivity index (χ1v) is 4.94. The van der Waals surface area contributed by atoms with Gasteiger partial charge in [0.05, 0.1) is 11.4 Å². The molecule has 14 heavy (non-hydrogen) atoms. The SMILES string of the molecule is CCCN(C)c1nc(Cl)nc(C)c1N. The summed E-state index contributed by atoms with van der Waals surface area (Å²) in [7, 11) is 1.94. The first-order valence-electron chi connectivity index (χ1n) is 4.57. The maximum Gasteiger partial charge on any atom is 0.224 e. The zero-order valence-electron chi connectivity index (χ0n) is 8.71. The van der Waals surface area contributed by atoms with Crippen molar-refractivity contribution in [1.82, 2.24) is 9.97 Å². The van der Waals surface area contributed by atoms with Gasteiger partial charge in [-0.2, -0.15) is 4.98 Å². The van der Waals surface area contributed by atoms with E-state index in [0.717, 1.165) is 18.7 Å². The van der Waals surface area contributed by atoms with Gasteiger partial charge in [-0.3, -0.25) is 0 Å². The van der Waals surface area contributed by atoms with Crippen LogP contribution in [0.4, 0.5) is 11.5 Å². The van der Waals surface area contributed by atoms with Gasteiger partial charge in [-0.1, -0.05) is 6.92 Å². The summed E-state index contributed by atoms with van der Waals surface area (Å²) in [6.07, 6.45) is 1.04. The molecule has 0 saturated carbocycles. The molecule has 0 unspecified atom stereocenters. The first-order chi connectivity index (χ1) is 6.56. The van der Waals surface area contributed by atoms with Crippen molar-refractivity contribution in [3.63, 3.8) is 0 Å². The van der Waals surface area contributed by atoms with Crippen LogP contribution in [0.25, 0.3) is 0 Å². The number of halogens is 1. The number of hydrogen-bond acceptors (Lipinski definition) is 4. The van der Waals surface area contributed by atoms with Crippen molar-refractivity contribution < 1.29 is 0 Å². The van der Waals surface area contributed by atoms with E-state index >= 15 is 0 Å². The highest BCUT2D eigenvalue weighted by molar-refractivity contribution is 6.28. The third kappa shape index (κ3) is 2.26. The van der Waals surface area contributed by atoms with Crippen molar-refractivity contribution in [2.24, 2.45) is 0 Å². The summed E-state index contributed by atoms with van der Waals surface area (Å²) in [6.45, 7) is 4.82. The van der Waals surface area contributed by atoms with Crippen LogP contribution >= 0.6 is 11.6 Å². The van der Waals surface area contributed by atoms with E-state index in [1.165, 1.54) is 0 Å². The maximum absolute atomic E-state index is 5.86. The molecule has 2 N–H and O–H groups in total. The number of nitrogens with two attached hydrogens (primary N) is 1. The molecule has 0 amide bonds. The molecule has 0 aliphatic heterocycles. The molecule has 0 atom stereocenters. The number of aromatic nitrogens is 2. The van der Waals surface area contributed by atoms with E-state index in [1.807, 2.05) is 18.9 Å². The zero-order valence-corrected chi connectivity index (χ0v) is 9.47. The molecule has 4 nitrogen and oxygen atoms in total. The number of rotatable bonds is 3. The van der Waals surface area contributed by atoms with E-state index in [4.69, 9.17) is 17.3 Å². The zero-order chi connectivity index (χ0) is 10.7. The number of aryl methyl sites for hydroxylation is 1. The van der Waals surface area contributed by atoms with Crippen LogP contribution in [0.3, 0.4) is 0 Å². The van der Waals surface area contributed by atoms with E-state index in [9.17, 15) is 0 Å². The standard InChI is InChI=1S/C9H15ClN4/c1-4-5-14(3)8-7(11)6(2)12-9(10)13-8/h4-5,11H2,1-3H3. The van der Waals surface area contributed by atoms with Crippen LogP contribution in [0.2, 0.25) is 5.28 Å². The van der Waals surface area contributed by atoms with Crippen LogP contribution in [0.1, 0.15) is 19.0 Å². The quantitative estimate of drug-likeness (QED) is 0.781. The summed E-state index contributed by atoms with van der Waals surface area (Å²) >= 11 is 5.76. The Morgan fingerprint density at radius 3 is 2.64 bits per heavy atom. The van der Waals surface area contributed by atoms with Gasteiger partial charge in [0.25, 0.3) is 0 Å². The third-order valence-corrected chi connectivity index (χ3v) is 2.18. The molecule has 1 aromatic heterocycles. The Bertz CT molecular complexity index is 327. The van der Waals surface area contributed by atoms with Gasteiger partial charge >= 0.3 is 0 Å².